The molecular formula is C15H17Cl2FN2S. The van der Waals surface area contributed by atoms with E-state index in [-0.39, 0.29) is 15.1 Å². The zero-order chi connectivity index (χ0) is 15.2. The minimum Gasteiger partial charge on any atom is -0.325 e. The Balaban J connectivity index is 2.13. The summed E-state index contributed by atoms with van der Waals surface area (Å²) in [5.74, 6) is 1.54. The first-order chi connectivity index (χ1) is 9.89. The van der Waals surface area contributed by atoms with Crippen molar-refractivity contribution in [3.8, 4) is 0 Å². The summed E-state index contributed by atoms with van der Waals surface area (Å²) in [7, 11) is 0. The predicted octanol–water partition coefficient (Wildman–Crippen LogP) is 5.41. The van der Waals surface area contributed by atoms with E-state index < -0.39 is 5.82 Å². The first-order valence-corrected chi connectivity index (χ1v) is 8.83. The Labute approximate surface area is 138 Å². The average molecular weight is 347 g/mol. The highest BCUT2D eigenvalue weighted by Gasteiger charge is 2.32. The maximum Gasteiger partial charge on any atom is 0.144 e. The Morgan fingerprint density at radius 1 is 1.52 bits per heavy atom. The van der Waals surface area contributed by atoms with Gasteiger partial charge in [0.15, 0.2) is 0 Å². The molecule has 3 rings (SSSR count). The van der Waals surface area contributed by atoms with Gasteiger partial charge >= 0.3 is 0 Å². The topological polar surface area (TPSA) is 17.8 Å². The molecule has 0 saturated carbocycles. The molecule has 21 heavy (non-hydrogen) atoms. The number of rotatable bonds is 3. The molecule has 2 atom stereocenters. The molecule has 1 saturated heterocycles. The van der Waals surface area contributed by atoms with Gasteiger partial charge in [-0.25, -0.2) is 9.37 Å². The lowest BCUT2D eigenvalue weighted by Gasteiger charge is -2.25. The van der Waals surface area contributed by atoms with Crippen LogP contribution in [0.15, 0.2) is 12.1 Å². The Bertz CT molecular complexity index is 678. The van der Waals surface area contributed by atoms with Gasteiger partial charge < -0.3 is 4.57 Å². The minimum atomic E-state index is -0.414. The molecule has 0 spiro atoms. The number of fused-ring (bicyclic) bond motifs is 1. The second kappa shape index (κ2) is 5.64. The van der Waals surface area contributed by atoms with Crippen molar-refractivity contribution in [2.75, 3.05) is 5.75 Å². The predicted molar refractivity (Wildman–Crippen MR) is 89.1 cm³/mol. The summed E-state index contributed by atoms with van der Waals surface area (Å²) in [6, 6.07) is 3.05. The van der Waals surface area contributed by atoms with Crippen LogP contribution in [0.3, 0.4) is 0 Å². The van der Waals surface area contributed by atoms with E-state index in [4.69, 9.17) is 23.2 Å². The fraction of sp³-hybridized carbons (Fsp3) is 0.533. The van der Waals surface area contributed by atoms with Crippen LogP contribution < -0.4 is 0 Å². The second-order valence-corrected chi connectivity index (χ2v) is 8.57. The van der Waals surface area contributed by atoms with Gasteiger partial charge in [0.25, 0.3) is 0 Å². The van der Waals surface area contributed by atoms with Crippen LogP contribution in [-0.2, 0) is 6.54 Å². The summed E-state index contributed by atoms with van der Waals surface area (Å²) in [6.45, 7) is 4.94. The number of hydrogen-bond donors (Lipinski definition) is 0. The standard InChI is InChI=1S/C15H17Cl2FN2S/c1-9(16)14-19-12-6-10(17)11(18)7-13(12)20(14)8-15(2)4-3-5-21-15/h6-7,9H,3-5,8H2,1-2H3. The summed E-state index contributed by atoms with van der Waals surface area (Å²) < 4.78 is 16.1. The van der Waals surface area contributed by atoms with Gasteiger partial charge in [-0.05, 0) is 38.5 Å². The fourth-order valence-corrected chi connectivity index (χ4v) is 4.52. The van der Waals surface area contributed by atoms with Crippen LogP contribution in [0, 0.1) is 5.82 Å². The van der Waals surface area contributed by atoms with Crippen molar-refractivity contribution in [2.45, 2.75) is 43.4 Å². The lowest BCUT2D eigenvalue weighted by atomic mass is 10.1. The molecule has 1 aromatic heterocycles. The second-order valence-electron chi connectivity index (χ2n) is 5.83. The molecule has 2 nitrogen and oxygen atoms in total. The van der Waals surface area contributed by atoms with E-state index in [0.29, 0.717) is 5.52 Å². The van der Waals surface area contributed by atoms with E-state index in [1.807, 2.05) is 18.7 Å². The molecule has 0 N–H and O–H groups in total. The number of aromatic nitrogens is 2. The third-order valence-corrected chi connectivity index (χ3v) is 5.98. The van der Waals surface area contributed by atoms with Crippen LogP contribution in [0.1, 0.15) is 37.9 Å². The zero-order valence-corrected chi connectivity index (χ0v) is 14.3. The quantitative estimate of drug-likeness (QED) is 0.691. The average Bonchev–Trinajstić information content (AvgIpc) is 2.97. The fourth-order valence-electron chi connectivity index (χ4n) is 2.90. The zero-order valence-electron chi connectivity index (χ0n) is 12.0. The maximum absolute atomic E-state index is 13.8. The summed E-state index contributed by atoms with van der Waals surface area (Å²) in [4.78, 5) is 4.56. The first-order valence-electron chi connectivity index (χ1n) is 7.03. The van der Waals surface area contributed by atoms with Crippen molar-refractivity contribution in [2.24, 2.45) is 0 Å². The SMILES string of the molecule is CC(Cl)c1nc2cc(Cl)c(F)cc2n1CC1(C)CCCS1. The van der Waals surface area contributed by atoms with Gasteiger partial charge in [0.1, 0.15) is 11.6 Å². The van der Waals surface area contributed by atoms with E-state index in [1.54, 1.807) is 6.07 Å². The Morgan fingerprint density at radius 3 is 2.90 bits per heavy atom. The maximum atomic E-state index is 13.8. The Kier molecular flexibility index (Phi) is 4.15. The minimum absolute atomic E-state index is 0.0994. The first kappa shape index (κ1) is 15.4. The molecule has 0 radical (unpaired) electrons. The highest BCUT2D eigenvalue weighted by molar-refractivity contribution is 8.00. The van der Waals surface area contributed by atoms with Crippen LogP contribution >= 0.6 is 35.0 Å². The molecule has 1 aliphatic heterocycles. The molecule has 6 heteroatoms. The molecule has 2 unspecified atom stereocenters. The molecular weight excluding hydrogens is 330 g/mol. The van der Waals surface area contributed by atoms with Gasteiger partial charge in [0, 0.05) is 17.4 Å². The Hall–Kier alpha value is -0.450. The van der Waals surface area contributed by atoms with E-state index in [2.05, 4.69) is 16.5 Å². The van der Waals surface area contributed by atoms with Gasteiger partial charge in [-0.15, -0.1) is 11.6 Å². The third-order valence-electron chi connectivity index (χ3n) is 3.97. The van der Waals surface area contributed by atoms with Gasteiger partial charge in [-0.3, -0.25) is 0 Å². The number of imidazole rings is 1. The van der Waals surface area contributed by atoms with Crippen LogP contribution in [0.25, 0.3) is 11.0 Å². The van der Waals surface area contributed by atoms with Crippen molar-refractivity contribution in [3.63, 3.8) is 0 Å². The van der Waals surface area contributed by atoms with Gasteiger partial charge in [-0.1, -0.05) is 11.6 Å². The lowest BCUT2D eigenvalue weighted by Crippen LogP contribution is -2.25. The van der Waals surface area contributed by atoms with Crippen molar-refractivity contribution in [3.05, 3.63) is 28.8 Å². The monoisotopic (exact) mass is 346 g/mol. The molecule has 0 amide bonds. The van der Waals surface area contributed by atoms with Gasteiger partial charge in [-0.2, -0.15) is 11.8 Å². The highest BCUT2D eigenvalue weighted by atomic mass is 35.5. The van der Waals surface area contributed by atoms with Gasteiger partial charge in [0.2, 0.25) is 0 Å². The van der Waals surface area contributed by atoms with E-state index in [1.165, 1.54) is 18.2 Å². The number of nitrogens with zero attached hydrogens (tertiary/aromatic N) is 2. The van der Waals surface area contributed by atoms with E-state index in [9.17, 15) is 4.39 Å². The molecule has 0 aliphatic carbocycles. The van der Waals surface area contributed by atoms with Gasteiger partial charge in [0.05, 0.1) is 21.4 Å². The van der Waals surface area contributed by atoms with Crippen LogP contribution in [0.2, 0.25) is 5.02 Å². The van der Waals surface area contributed by atoms with Crippen molar-refractivity contribution < 1.29 is 4.39 Å². The lowest BCUT2D eigenvalue weighted by molar-refractivity contribution is 0.505. The van der Waals surface area contributed by atoms with E-state index in [0.717, 1.165) is 24.3 Å². The smallest absolute Gasteiger partial charge is 0.144 e. The number of thioether (sulfide) groups is 1. The van der Waals surface area contributed by atoms with Crippen molar-refractivity contribution in [1.29, 1.82) is 0 Å². The summed E-state index contributed by atoms with van der Waals surface area (Å²) in [5, 5.41) is -0.128. The molecule has 0 bridgehead atoms. The molecule has 1 fully saturated rings. The molecule has 114 valence electrons. The molecule has 1 aromatic carbocycles. The normalized spacial score (nSPS) is 23.9. The molecule has 1 aliphatic rings. The van der Waals surface area contributed by atoms with Crippen LogP contribution in [0.4, 0.5) is 4.39 Å². The summed E-state index contributed by atoms with van der Waals surface area (Å²) in [5.41, 5.74) is 1.48. The number of hydrogen-bond acceptors (Lipinski definition) is 2. The summed E-state index contributed by atoms with van der Waals surface area (Å²) in [6.07, 6.45) is 2.38. The van der Waals surface area contributed by atoms with Crippen molar-refractivity contribution >= 4 is 46.0 Å². The van der Waals surface area contributed by atoms with E-state index >= 15 is 0 Å². The van der Waals surface area contributed by atoms with Crippen molar-refractivity contribution in [1.82, 2.24) is 9.55 Å². The number of halogens is 3. The highest BCUT2D eigenvalue weighted by Crippen LogP contribution is 2.40. The van der Waals surface area contributed by atoms with Crippen LogP contribution in [-0.4, -0.2) is 20.1 Å². The largest absolute Gasteiger partial charge is 0.325 e. The molecule has 2 heterocycles. The third kappa shape index (κ3) is 2.90. The van der Waals surface area contributed by atoms with Crippen LogP contribution in [0.5, 0.6) is 0 Å². The number of alkyl halides is 1. The Morgan fingerprint density at radius 2 is 2.29 bits per heavy atom. The summed E-state index contributed by atoms with van der Waals surface area (Å²) >= 11 is 14.1. The number of benzene rings is 1. The molecule has 2 aromatic rings.